The van der Waals surface area contributed by atoms with Crippen molar-refractivity contribution < 1.29 is 4.79 Å². The van der Waals surface area contributed by atoms with Crippen LogP contribution >= 0.6 is 11.3 Å². The van der Waals surface area contributed by atoms with Crippen LogP contribution in [-0.2, 0) is 11.2 Å². The number of rotatable bonds is 3. The second-order valence-electron chi connectivity index (χ2n) is 6.26. The molecule has 0 bridgehead atoms. The topological polar surface area (TPSA) is 50.5 Å². The van der Waals surface area contributed by atoms with Crippen LogP contribution < -0.4 is 0 Å². The van der Waals surface area contributed by atoms with E-state index < -0.39 is 0 Å². The molecule has 4 heterocycles. The summed E-state index contributed by atoms with van der Waals surface area (Å²) in [6.07, 6.45) is 9.17. The molecular weight excluding hydrogens is 320 g/mol. The van der Waals surface area contributed by atoms with E-state index in [9.17, 15) is 4.79 Å². The van der Waals surface area contributed by atoms with Crippen molar-refractivity contribution in [2.24, 2.45) is 0 Å². The van der Waals surface area contributed by atoms with Crippen molar-refractivity contribution in [3.63, 3.8) is 0 Å². The van der Waals surface area contributed by atoms with Gasteiger partial charge in [0.05, 0.1) is 18.2 Å². The number of pyridine rings is 1. The van der Waals surface area contributed by atoms with E-state index in [1.807, 2.05) is 24.0 Å². The third-order valence-electron chi connectivity index (χ3n) is 4.68. The first-order valence-corrected chi connectivity index (χ1v) is 9.22. The third-order valence-corrected chi connectivity index (χ3v) is 5.56. The number of piperidine rings is 1. The molecule has 4 rings (SSSR count). The highest BCUT2D eigenvalue weighted by molar-refractivity contribution is 7.15. The highest BCUT2D eigenvalue weighted by atomic mass is 32.1. The van der Waals surface area contributed by atoms with E-state index in [4.69, 9.17) is 4.98 Å². The van der Waals surface area contributed by atoms with Gasteiger partial charge in [-0.2, -0.15) is 0 Å². The van der Waals surface area contributed by atoms with Crippen LogP contribution in [0.5, 0.6) is 0 Å². The predicted octanol–water partition coefficient (Wildman–Crippen LogP) is 3.40. The van der Waals surface area contributed by atoms with Gasteiger partial charge in [0.15, 0.2) is 0 Å². The highest BCUT2D eigenvalue weighted by Gasteiger charge is 2.31. The van der Waals surface area contributed by atoms with E-state index >= 15 is 0 Å². The van der Waals surface area contributed by atoms with Crippen LogP contribution in [0, 0.1) is 6.92 Å². The van der Waals surface area contributed by atoms with E-state index in [-0.39, 0.29) is 11.9 Å². The second kappa shape index (κ2) is 6.36. The summed E-state index contributed by atoms with van der Waals surface area (Å²) in [6.45, 7) is 2.83. The fourth-order valence-corrected chi connectivity index (χ4v) is 4.43. The highest BCUT2D eigenvalue weighted by Crippen LogP contribution is 2.35. The van der Waals surface area contributed by atoms with Crippen molar-refractivity contribution in [2.75, 3.05) is 6.54 Å². The van der Waals surface area contributed by atoms with E-state index in [0.29, 0.717) is 6.42 Å². The molecule has 124 valence electrons. The lowest BCUT2D eigenvalue weighted by molar-refractivity contribution is -0.134. The fraction of sp³-hybridized carbons (Fsp3) is 0.389. The summed E-state index contributed by atoms with van der Waals surface area (Å²) >= 11 is 1.70. The maximum absolute atomic E-state index is 12.9. The molecule has 0 aliphatic carbocycles. The molecule has 1 saturated heterocycles. The maximum Gasteiger partial charge on any atom is 0.227 e. The number of imidazole rings is 1. The molecule has 5 nitrogen and oxygen atoms in total. The normalized spacial score (nSPS) is 18.2. The number of likely N-dealkylation sites (tertiary alicyclic amines) is 1. The van der Waals surface area contributed by atoms with Crippen LogP contribution in [0.4, 0.5) is 0 Å². The molecule has 24 heavy (non-hydrogen) atoms. The Morgan fingerprint density at radius 3 is 3.17 bits per heavy atom. The zero-order valence-corrected chi connectivity index (χ0v) is 14.5. The number of aromatic nitrogens is 3. The lowest BCUT2D eigenvalue weighted by Gasteiger charge is -2.35. The Morgan fingerprint density at radius 1 is 1.42 bits per heavy atom. The molecular formula is C18H20N4OS. The first-order chi connectivity index (χ1) is 11.7. The summed E-state index contributed by atoms with van der Waals surface area (Å²) in [6, 6.07) is 3.93. The van der Waals surface area contributed by atoms with E-state index in [2.05, 4.69) is 21.0 Å². The van der Waals surface area contributed by atoms with Gasteiger partial charge in [0.1, 0.15) is 10.7 Å². The van der Waals surface area contributed by atoms with Crippen LogP contribution in [0.15, 0.2) is 36.1 Å². The summed E-state index contributed by atoms with van der Waals surface area (Å²) in [7, 11) is 0. The van der Waals surface area contributed by atoms with Gasteiger partial charge in [-0.05, 0) is 37.8 Å². The summed E-state index contributed by atoms with van der Waals surface area (Å²) in [5, 5.41) is 2.08. The van der Waals surface area contributed by atoms with E-state index in [1.165, 1.54) is 4.83 Å². The number of fused-ring (bicyclic) bond motifs is 1. The largest absolute Gasteiger partial charge is 0.334 e. The van der Waals surface area contributed by atoms with Gasteiger partial charge >= 0.3 is 0 Å². The predicted molar refractivity (Wildman–Crippen MR) is 94.1 cm³/mol. The standard InChI is InChI=1S/C18H20N4OS/c1-13-20-17(18-21(13)9-10-24-18)15-6-2-3-8-22(15)16(23)11-14-5-4-7-19-12-14/h4-5,7,9-10,12,15H,2-3,6,8,11H2,1H3/t15-/m1/s1. The van der Waals surface area contributed by atoms with Gasteiger partial charge in [-0.25, -0.2) is 4.98 Å². The van der Waals surface area contributed by atoms with Crippen molar-refractivity contribution in [3.05, 3.63) is 53.2 Å². The van der Waals surface area contributed by atoms with E-state index in [0.717, 1.165) is 42.9 Å². The third kappa shape index (κ3) is 2.71. The summed E-state index contributed by atoms with van der Waals surface area (Å²) in [5.41, 5.74) is 2.02. The molecule has 0 saturated carbocycles. The molecule has 1 fully saturated rings. The molecule has 1 amide bonds. The molecule has 1 aliphatic rings. The number of carbonyl (C=O) groups is 1. The van der Waals surface area contributed by atoms with Gasteiger partial charge in [-0.3, -0.25) is 14.2 Å². The number of carbonyl (C=O) groups excluding carboxylic acids is 1. The summed E-state index contributed by atoms with van der Waals surface area (Å²) < 4.78 is 2.12. The number of aryl methyl sites for hydroxylation is 1. The molecule has 0 aromatic carbocycles. The molecule has 1 aliphatic heterocycles. The summed E-state index contributed by atoms with van der Waals surface area (Å²) in [5.74, 6) is 1.16. The number of hydrogen-bond acceptors (Lipinski definition) is 4. The van der Waals surface area contributed by atoms with Gasteiger partial charge in [-0.1, -0.05) is 6.07 Å². The average Bonchev–Trinajstić information content (AvgIpc) is 3.20. The Kier molecular flexibility index (Phi) is 4.06. The van der Waals surface area contributed by atoms with Gasteiger partial charge in [0.2, 0.25) is 5.91 Å². The van der Waals surface area contributed by atoms with Crippen molar-refractivity contribution in [3.8, 4) is 0 Å². The Balaban J connectivity index is 1.63. The Labute approximate surface area is 145 Å². The SMILES string of the molecule is Cc1nc([C@H]2CCCCN2C(=O)Cc2cccnc2)c2sccn12. The first-order valence-electron chi connectivity index (χ1n) is 8.34. The Morgan fingerprint density at radius 2 is 2.33 bits per heavy atom. The molecule has 0 radical (unpaired) electrons. The molecule has 0 unspecified atom stereocenters. The first kappa shape index (κ1) is 15.3. The van der Waals surface area contributed by atoms with E-state index in [1.54, 1.807) is 23.7 Å². The van der Waals surface area contributed by atoms with Crippen LogP contribution in [0.2, 0.25) is 0 Å². The monoisotopic (exact) mass is 340 g/mol. The molecule has 1 atom stereocenters. The number of amides is 1. The number of thiazole rings is 1. The van der Waals surface area contributed by atoms with Crippen LogP contribution in [0.25, 0.3) is 4.83 Å². The zero-order chi connectivity index (χ0) is 16.5. The second-order valence-corrected chi connectivity index (χ2v) is 7.15. The zero-order valence-electron chi connectivity index (χ0n) is 13.7. The number of nitrogens with zero attached hydrogens (tertiary/aromatic N) is 4. The van der Waals surface area contributed by atoms with Gasteiger partial charge < -0.3 is 4.90 Å². The van der Waals surface area contributed by atoms with Crippen molar-refractivity contribution in [2.45, 2.75) is 38.6 Å². The maximum atomic E-state index is 12.9. The van der Waals surface area contributed by atoms with Crippen LogP contribution in [0.1, 0.15) is 42.4 Å². The summed E-state index contributed by atoms with van der Waals surface area (Å²) in [4.78, 5) is 25.0. The lowest BCUT2D eigenvalue weighted by atomic mass is 9.98. The van der Waals surface area contributed by atoms with Crippen molar-refractivity contribution in [1.29, 1.82) is 0 Å². The minimum absolute atomic E-state index is 0.0882. The molecule has 0 N–H and O–H groups in total. The average molecular weight is 340 g/mol. The van der Waals surface area contributed by atoms with Crippen LogP contribution in [0.3, 0.4) is 0 Å². The smallest absolute Gasteiger partial charge is 0.227 e. The van der Waals surface area contributed by atoms with Crippen molar-refractivity contribution >= 4 is 22.1 Å². The molecule has 3 aromatic rings. The fourth-order valence-electron chi connectivity index (χ4n) is 3.51. The number of hydrogen-bond donors (Lipinski definition) is 0. The van der Waals surface area contributed by atoms with Crippen LogP contribution in [-0.4, -0.2) is 31.7 Å². The minimum Gasteiger partial charge on any atom is -0.334 e. The minimum atomic E-state index is 0.0882. The molecule has 0 spiro atoms. The van der Waals surface area contributed by atoms with Gasteiger partial charge in [0, 0.05) is 30.5 Å². The van der Waals surface area contributed by atoms with Gasteiger partial charge in [-0.15, -0.1) is 11.3 Å². The Hall–Kier alpha value is -2.21. The van der Waals surface area contributed by atoms with Crippen molar-refractivity contribution in [1.82, 2.24) is 19.3 Å². The lowest BCUT2D eigenvalue weighted by Crippen LogP contribution is -2.39. The Bertz CT molecular complexity index is 854. The molecule has 3 aromatic heterocycles. The quantitative estimate of drug-likeness (QED) is 0.734. The molecule has 6 heteroatoms. The van der Waals surface area contributed by atoms with Gasteiger partial charge in [0.25, 0.3) is 0 Å².